The first kappa shape index (κ1) is 10.2. The minimum absolute atomic E-state index is 0.610. The Kier molecular flexibility index (Phi) is 3.71. The van der Waals surface area contributed by atoms with Crippen LogP contribution in [0.5, 0.6) is 0 Å². The molecule has 68 valence electrons. The van der Waals surface area contributed by atoms with Crippen LogP contribution in [0.15, 0.2) is 4.60 Å². The van der Waals surface area contributed by atoms with Crippen LogP contribution in [0.2, 0.25) is 0 Å². The lowest BCUT2D eigenvalue weighted by atomic mass is 10.1. The van der Waals surface area contributed by atoms with Crippen LogP contribution in [0, 0.1) is 5.92 Å². The molecule has 0 N–H and O–H groups in total. The smallest absolute Gasteiger partial charge is 0.151 e. The highest BCUT2D eigenvalue weighted by molar-refractivity contribution is 9.10. The van der Waals surface area contributed by atoms with Crippen LogP contribution in [0.1, 0.15) is 12.6 Å². The normalized spacial score (nSPS) is 13.3. The quantitative estimate of drug-likeness (QED) is 0.800. The number of aromatic nitrogens is 3. The van der Waals surface area contributed by atoms with Gasteiger partial charge in [-0.25, -0.2) is 0 Å². The van der Waals surface area contributed by atoms with E-state index in [1.54, 1.807) is 0 Å². The molecule has 0 aliphatic carbocycles. The maximum atomic E-state index is 3.92. The average molecular weight is 297 g/mol. The van der Waals surface area contributed by atoms with Gasteiger partial charge in [-0.05, 0) is 28.3 Å². The molecule has 0 saturated heterocycles. The molecule has 0 spiro atoms. The molecule has 1 aromatic heterocycles. The predicted molar refractivity (Wildman–Crippen MR) is 55.4 cm³/mol. The van der Waals surface area contributed by atoms with Gasteiger partial charge in [-0.15, -0.1) is 5.10 Å². The Bertz CT molecular complexity index is 240. The van der Waals surface area contributed by atoms with E-state index in [0.717, 1.165) is 22.0 Å². The summed E-state index contributed by atoms with van der Waals surface area (Å²) in [5.41, 5.74) is 1.15. The molecule has 1 aromatic rings. The van der Waals surface area contributed by atoms with Crippen LogP contribution >= 0.6 is 31.9 Å². The summed E-state index contributed by atoms with van der Waals surface area (Å²) in [5.74, 6) is 0.610. The Morgan fingerprint density at radius 2 is 2.25 bits per heavy atom. The number of hydrogen-bond donors (Lipinski definition) is 0. The monoisotopic (exact) mass is 295 g/mol. The largest absolute Gasteiger partial charge is 0.251 e. The SMILES string of the molecule is CC(CBr)Cc1c(Br)nnn1C. The molecular weight excluding hydrogens is 286 g/mol. The summed E-state index contributed by atoms with van der Waals surface area (Å²) in [6.07, 6.45) is 0.995. The summed E-state index contributed by atoms with van der Waals surface area (Å²) in [6.45, 7) is 2.19. The fraction of sp³-hybridized carbons (Fsp3) is 0.714. The zero-order valence-electron chi connectivity index (χ0n) is 7.09. The summed E-state index contributed by atoms with van der Waals surface area (Å²) >= 11 is 6.81. The van der Waals surface area contributed by atoms with Crippen LogP contribution in [0.3, 0.4) is 0 Å². The fourth-order valence-corrected chi connectivity index (χ4v) is 1.67. The molecule has 0 bridgehead atoms. The average Bonchev–Trinajstić information content (AvgIpc) is 2.35. The van der Waals surface area contributed by atoms with Crippen molar-refractivity contribution in [2.24, 2.45) is 13.0 Å². The second kappa shape index (κ2) is 4.37. The Morgan fingerprint density at radius 3 is 2.67 bits per heavy atom. The van der Waals surface area contributed by atoms with Crippen LogP contribution in [0.4, 0.5) is 0 Å². The van der Waals surface area contributed by atoms with Crippen molar-refractivity contribution < 1.29 is 0 Å². The topological polar surface area (TPSA) is 30.7 Å². The maximum Gasteiger partial charge on any atom is 0.151 e. The van der Waals surface area contributed by atoms with Gasteiger partial charge in [-0.2, -0.15) is 0 Å². The molecule has 5 heteroatoms. The van der Waals surface area contributed by atoms with E-state index in [1.165, 1.54) is 0 Å². The molecule has 1 rings (SSSR count). The van der Waals surface area contributed by atoms with Crippen molar-refractivity contribution in [3.05, 3.63) is 10.3 Å². The molecule has 12 heavy (non-hydrogen) atoms. The van der Waals surface area contributed by atoms with E-state index in [4.69, 9.17) is 0 Å². The number of rotatable bonds is 3. The first-order chi connectivity index (χ1) is 5.65. The van der Waals surface area contributed by atoms with E-state index in [9.17, 15) is 0 Å². The molecule has 3 nitrogen and oxygen atoms in total. The third-order valence-electron chi connectivity index (χ3n) is 1.70. The van der Waals surface area contributed by atoms with E-state index in [1.807, 2.05) is 11.7 Å². The van der Waals surface area contributed by atoms with Crippen molar-refractivity contribution in [1.82, 2.24) is 15.0 Å². The Labute approximate surface area is 88.8 Å². The maximum absolute atomic E-state index is 3.92. The summed E-state index contributed by atoms with van der Waals surface area (Å²) in [6, 6.07) is 0. The first-order valence-corrected chi connectivity index (χ1v) is 5.66. The van der Waals surface area contributed by atoms with Crippen molar-refractivity contribution in [2.45, 2.75) is 13.3 Å². The Hall–Kier alpha value is 0.1000. The number of halogens is 2. The molecule has 0 saturated carbocycles. The Balaban J connectivity index is 2.73. The summed E-state index contributed by atoms with van der Waals surface area (Å²) < 4.78 is 2.67. The van der Waals surface area contributed by atoms with Crippen LogP contribution < -0.4 is 0 Å². The van der Waals surface area contributed by atoms with E-state index in [2.05, 4.69) is 49.1 Å². The molecule has 0 aromatic carbocycles. The molecule has 0 radical (unpaired) electrons. The molecular formula is C7H11Br2N3. The third kappa shape index (κ3) is 2.29. The van der Waals surface area contributed by atoms with Gasteiger partial charge in [-0.1, -0.05) is 28.1 Å². The second-order valence-corrected chi connectivity index (χ2v) is 4.31. The number of nitrogens with zero attached hydrogens (tertiary/aromatic N) is 3. The number of hydrogen-bond acceptors (Lipinski definition) is 2. The molecule has 1 atom stereocenters. The van der Waals surface area contributed by atoms with Crippen molar-refractivity contribution in [3.8, 4) is 0 Å². The standard InChI is InChI=1S/C7H11Br2N3/c1-5(4-8)3-6-7(9)10-11-12(6)2/h5H,3-4H2,1-2H3. The van der Waals surface area contributed by atoms with E-state index in [-0.39, 0.29) is 0 Å². The predicted octanol–water partition coefficient (Wildman–Crippen LogP) is 2.15. The highest BCUT2D eigenvalue weighted by atomic mass is 79.9. The van der Waals surface area contributed by atoms with Crippen molar-refractivity contribution in [2.75, 3.05) is 5.33 Å². The lowest BCUT2D eigenvalue weighted by Gasteiger charge is -2.06. The third-order valence-corrected chi connectivity index (χ3v) is 3.42. The van der Waals surface area contributed by atoms with Crippen LogP contribution in [-0.2, 0) is 13.5 Å². The lowest BCUT2D eigenvalue weighted by molar-refractivity contribution is 0.598. The highest BCUT2D eigenvalue weighted by Crippen LogP contribution is 2.16. The van der Waals surface area contributed by atoms with Gasteiger partial charge in [0.25, 0.3) is 0 Å². The first-order valence-electron chi connectivity index (χ1n) is 3.75. The lowest BCUT2D eigenvalue weighted by Crippen LogP contribution is -2.06. The van der Waals surface area contributed by atoms with Gasteiger partial charge in [0, 0.05) is 12.4 Å². The van der Waals surface area contributed by atoms with Gasteiger partial charge in [-0.3, -0.25) is 4.68 Å². The van der Waals surface area contributed by atoms with Crippen molar-refractivity contribution in [3.63, 3.8) is 0 Å². The van der Waals surface area contributed by atoms with Crippen LogP contribution in [0.25, 0.3) is 0 Å². The molecule has 0 fully saturated rings. The Morgan fingerprint density at radius 1 is 1.58 bits per heavy atom. The van der Waals surface area contributed by atoms with E-state index in [0.29, 0.717) is 5.92 Å². The minimum atomic E-state index is 0.610. The summed E-state index contributed by atoms with van der Waals surface area (Å²) in [4.78, 5) is 0. The zero-order chi connectivity index (χ0) is 9.14. The van der Waals surface area contributed by atoms with Crippen molar-refractivity contribution in [1.29, 1.82) is 0 Å². The zero-order valence-corrected chi connectivity index (χ0v) is 10.3. The van der Waals surface area contributed by atoms with Gasteiger partial charge in [0.1, 0.15) is 0 Å². The van der Waals surface area contributed by atoms with Crippen LogP contribution in [-0.4, -0.2) is 20.3 Å². The molecule has 1 heterocycles. The second-order valence-electron chi connectivity index (χ2n) is 2.91. The summed E-state index contributed by atoms with van der Waals surface area (Å²) in [5, 5.41) is 8.83. The number of aryl methyl sites for hydroxylation is 1. The fourth-order valence-electron chi connectivity index (χ4n) is 0.953. The van der Waals surface area contributed by atoms with E-state index < -0.39 is 0 Å². The summed E-state index contributed by atoms with van der Waals surface area (Å²) in [7, 11) is 1.91. The van der Waals surface area contributed by atoms with Crippen molar-refractivity contribution >= 4 is 31.9 Å². The van der Waals surface area contributed by atoms with E-state index >= 15 is 0 Å². The molecule has 0 aliphatic heterocycles. The van der Waals surface area contributed by atoms with Gasteiger partial charge < -0.3 is 0 Å². The molecule has 0 aliphatic rings. The highest BCUT2D eigenvalue weighted by Gasteiger charge is 2.10. The minimum Gasteiger partial charge on any atom is -0.251 e. The van der Waals surface area contributed by atoms with Gasteiger partial charge in [0.15, 0.2) is 4.60 Å². The molecule has 1 unspecified atom stereocenters. The van der Waals surface area contributed by atoms with Gasteiger partial charge in [0.2, 0.25) is 0 Å². The van der Waals surface area contributed by atoms with Gasteiger partial charge >= 0.3 is 0 Å². The number of alkyl halides is 1. The van der Waals surface area contributed by atoms with Gasteiger partial charge in [0.05, 0.1) is 5.69 Å². The molecule has 0 amide bonds.